The van der Waals surface area contributed by atoms with E-state index in [1.807, 2.05) is 0 Å². The van der Waals surface area contributed by atoms with Crippen LogP contribution in [0.1, 0.15) is 201 Å². The maximum atomic E-state index is 2.55. The average molecular weight is 585 g/mol. The molecule has 0 saturated carbocycles. The van der Waals surface area contributed by atoms with Crippen LogP contribution in [0.15, 0.2) is 30.3 Å². The summed E-state index contributed by atoms with van der Waals surface area (Å²) in [5, 5.41) is 1.80. The van der Waals surface area contributed by atoms with Gasteiger partial charge in [0.1, 0.15) is 0 Å². The number of hydrogen-bond donors (Lipinski definition) is 0. The Morgan fingerprint density at radius 2 is 0.561 bits per heavy atom. The molecule has 1 heteroatoms. The molecule has 0 atom stereocenters. The highest BCUT2D eigenvalue weighted by Crippen LogP contribution is 2.30. The van der Waals surface area contributed by atoms with Crippen molar-refractivity contribution in [2.24, 2.45) is 0 Å². The molecule has 0 radical (unpaired) electrons. The van der Waals surface area contributed by atoms with E-state index >= 15 is 0 Å². The summed E-state index contributed by atoms with van der Waals surface area (Å²) in [4.78, 5) is 0. The Hall–Kier alpha value is -0.563. The monoisotopic (exact) mass is 585 g/mol. The summed E-state index contributed by atoms with van der Waals surface area (Å²) in [6.07, 6.45) is 40.8. The number of unbranched alkanes of at least 4 members (excludes halogenated alkanes) is 25. The highest BCUT2D eigenvalue weighted by molar-refractivity contribution is 6.91. The largest absolute Gasteiger partial charge is 0.0867 e. The van der Waals surface area contributed by atoms with Crippen molar-refractivity contribution in [3.05, 3.63) is 30.3 Å². The summed E-state index contributed by atoms with van der Waals surface area (Å²) < 4.78 is 0. The molecule has 0 aromatic heterocycles. The van der Waals surface area contributed by atoms with Gasteiger partial charge in [-0.25, -0.2) is 0 Å². The summed E-state index contributed by atoms with van der Waals surface area (Å²) in [6.45, 7) is 6.98. The van der Waals surface area contributed by atoms with Gasteiger partial charge in [-0.1, -0.05) is 254 Å². The van der Waals surface area contributed by atoms with Crippen LogP contribution in [0.25, 0.3) is 0 Å². The van der Waals surface area contributed by atoms with Crippen molar-refractivity contribution < 1.29 is 0 Å². The number of rotatable bonds is 32. The maximum Gasteiger partial charge on any atom is 0.0867 e. The van der Waals surface area contributed by atoms with Crippen LogP contribution in [0, 0.1) is 0 Å². The van der Waals surface area contributed by atoms with E-state index in [9.17, 15) is 0 Å². The molecule has 1 aromatic rings. The third-order valence-electron chi connectivity index (χ3n) is 9.91. The van der Waals surface area contributed by atoms with Gasteiger partial charge in [0.15, 0.2) is 0 Å². The standard InChI is InChI=1S/C40H76Si/c1-4-7-10-13-16-19-21-24-27-33-38-41(40-35-30-29-31-36-40,37-32-26-23-18-15-12-9-6-3)39-34-28-25-22-20-17-14-11-8-5-2/h29-31,35-36H,4-28,32-34,37-39H2,1-3H3. The molecule has 0 aliphatic heterocycles. The molecule has 0 unspecified atom stereocenters. The Morgan fingerprint density at radius 3 is 0.829 bits per heavy atom. The second-order valence-electron chi connectivity index (χ2n) is 13.7. The third kappa shape index (κ3) is 21.7. The highest BCUT2D eigenvalue weighted by Gasteiger charge is 2.33. The van der Waals surface area contributed by atoms with Crippen LogP contribution in [-0.4, -0.2) is 8.07 Å². The van der Waals surface area contributed by atoms with Crippen molar-refractivity contribution in [2.45, 2.75) is 219 Å². The number of benzene rings is 1. The van der Waals surface area contributed by atoms with Crippen LogP contribution in [-0.2, 0) is 0 Å². The van der Waals surface area contributed by atoms with E-state index in [-0.39, 0.29) is 0 Å². The van der Waals surface area contributed by atoms with E-state index < -0.39 is 8.07 Å². The van der Waals surface area contributed by atoms with E-state index in [0.29, 0.717) is 0 Å². The number of hydrogen-bond acceptors (Lipinski definition) is 0. The molecule has 1 aromatic carbocycles. The molecule has 0 aliphatic rings. The summed E-state index contributed by atoms with van der Waals surface area (Å²) in [7, 11) is -1.43. The van der Waals surface area contributed by atoms with E-state index in [0.717, 1.165) is 0 Å². The first-order valence-corrected chi connectivity index (χ1v) is 22.0. The first-order chi connectivity index (χ1) is 20.3. The van der Waals surface area contributed by atoms with Gasteiger partial charge in [0.05, 0.1) is 8.07 Å². The quantitative estimate of drug-likeness (QED) is 0.0583. The molecular formula is C40H76Si. The lowest BCUT2D eigenvalue weighted by molar-refractivity contribution is 0.558. The first kappa shape index (κ1) is 38.5. The fraction of sp³-hybridized carbons (Fsp3) is 0.850. The van der Waals surface area contributed by atoms with Crippen molar-refractivity contribution in [1.29, 1.82) is 0 Å². The molecule has 0 N–H and O–H groups in total. The van der Waals surface area contributed by atoms with Gasteiger partial charge in [0.2, 0.25) is 0 Å². The van der Waals surface area contributed by atoms with Gasteiger partial charge in [0, 0.05) is 0 Å². The summed E-state index contributed by atoms with van der Waals surface area (Å²) >= 11 is 0. The smallest absolute Gasteiger partial charge is 0.0654 e. The van der Waals surface area contributed by atoms with E-state index in [1.54, 1.807) is 23.3 Å². The topological polar surface area (TPSA) is 0 Å². The molecule has 0 spiro atoms. The molecule has 0 amide bonds. The minimum Gasteiger partial charge on any atom is -0.0654 e. The van der Waals surface area contributed by atoms with Gasteiger partial charge in [-0.3, -0.25) is 0 Å². The molecule has 0 fully saturated rings. The summed E-state index contributed by atoms with van der Waals surface area (Å²) in [5.74, 6) is 0. The average Bonchev–Trinajstić information content (AvgIpc) is 3.00. The summed E-state index contributed by atoms with van der Waals surface area (Å²) in [6, 6.07) is 16.7. The molecule has 1 rings (SSSR count). The first-order valence-electron chi connectivity index (χ1n) is 19.3. The molecule has 240 valence electrons. The Balaban J connectivity index is 2.57. The van der Waals surface area contributed by atoms with Crippen LogP contribution < -0.4 is 5.19 Å². The van der Waals surface area contributed by atoms with Crippen molar-refractivity contribution in [1.82, 2.24) is 0 Å². The predicted octanol–water partition coefficient (Wildman–Crippen LogP) is 14.3. The van der Waals surface area contributed by atoms with E-state index in [2.05, 4.69) is 51.1 Å². The zero-order valence-corrected chi connectivity index (χ0v) is 29.8. The van der Waals surface area contributed by atoms with E-state index in [1.165, 1.54) is 180 Å². The lowest BCUT2D eigenvalue weighted by Crippen LogP contribution is -2.47. The van der Waals surface area contributed by atoms with Crippen molar-refractivity contribution >= 4 is 13.3 Å². The molecule has 0 heterocycles. The van der Waals surface area contributed by atoms with Gasteiger partial charge in [-0.2, -0.15) is 0 Å². The van der Waals surface area contributed by atoms with Gasteiger partial charge < -0.3 is 0 Å². The predicted molar refractivity (Wildman–Crippen MR) is 193 cm³/mol. The van der Waals surface area contributed by atoms with Crippen molar-refractivity contribution in [3.8, 4) is 0 Å². The van der Waals surface area contributed by atoms with Gasteiger partial charge >= 0.3 is 0 Å². The van der Waals surface area contributed by atoms with Gasteiger partial charge in [-0.05, 0) is 0 Å². The second-order valence-corrected chi connectivity index (χ2v) is 18.4. The fourth-order valence-corrected chi connectivity index (χ4v) is 12.4. The lowest BCUT2D eigenvalue weighted by Gasteiger charge is -2.33. The van der Waals surface area contributed by atoms with Crippen LogP contribution in [0.3, 0.4) is 0 Å². The van der Waals surface area contributed by atoms with Crippen LogP contribution >= 0.6 is 0 Å². The van der Waals surface area contributed by atoms with Crippen molar-refractivity contribution in [2.75, 3.05) is 0 Å². The molecule has 0 bridgehead atoms. The van der Waals surface area contributed by atoms with Crippen LogP contribution in [0.5, 0.6) is 0 Å². The minimum atomic E-state index is -1.43. The molecule has 0 nitrogen and oxygen atoms in total. The zero-order valence-electron chi connectivity index (χ0n) is 28.8. The SMILES string of the molecule is CCCCCCCCCCCC[Si](CCCCCCCCCC)(CCCCCCCCCCCC)c1ccccc1. The van der Waals surface area contributed by atoms with Crippen LogP contribution in [0.4, 0.5) is 0 Å². The Bertz CT molecular complexity index is 599. The maximum absolute atomic E-state index is 2.55. The lowest BCUT2D eigenvalue weighted by atomic mass is 10.1. The molecule has 0 aliphatic carbocycles. The fourth-order valence-electron chi connectivity index (χ4n) is 7.10. The molecule has 0 saturated heterocycles. The second kappa shape index (κ2) is 29.5. The Kier molecular flexibility index (Phi) is 27.7. The normalized spacial score (nSPS) is 11.9. The Morgan fingerprint density at radius 1 is 0.317 bits per heavy atom. The molecular weight excluding hydrogens is 509 g/mol. The minimum absolute atomic E-state index is 1.36. The van der Waals surface area contributed by atoms with Crippen molar-refractivity contribution in [3.63, 3.8) is 0 Å². The highest BCUT2D eigenvalue weighted by atomic mass is 28.3. The van der Waals surface area contributed by atoms with Gasteiger partial charge in [-0.15, -0.1) is 0 Å². The molecule has 41 heavy (non-hydrogen) atoms. The summed E-state index contributed by atoms with van der Waals surface area (Å²) in [5.41, 5.74) is 0. The zero-order chi connectivity index (χ0) is 29.5. The van der Waals surface area contributed by atoms with E-state index in [4.69, 9.17) is 0 Å². The third-order valence-corrected chi connectivity index (χ3v) is 15.4. The van der Waals surface area contributed by atoms with Crippen LogP contribution in [0.2, 0.25) is 18.1 Å². The Labute approximate surface area is 261 Å². The van der Waals surface area contributed by atoms with Gasteiger partial charge in [0.25, 0.3) is 0 Å².